The van der Waals surface area contributed by atoms with Crippen molar-refractivity contribution in [3.63, 3.8) is 0 Å². The summed E-state index contributed by atoms with van der Waals surface area (Å²) in [7, 11) is 0. The van der Waals surface area contributed by atoms with Gasteiger partial charge in [0.1, 0.15) is 17.3 Å². The normalized spacial score (nSPS) is 10.8. The number of hydrogen-bond donors (Lipinski definition) is 2. The van der Waals surface area contributed by atoms with Crippen molar-refractivity contribution in [3.05, 3.63) is 71.4 Å². The molecule has 0 atom stereocenters. The fourth-order valence-electron chi connectivity index (χ4n) is 2.76. The molecule has 0 radical (unpaired) electrons. The van der Waals surface area contributed by atoms with Gasteiger partial charge >= 0.3 is 0 Å². The number of likely N-dealkylation sites (N-methyl/N-ethyl adjacent to an activating group) is 1. The average molecular weight is 371 g/mol. The molecule has 7 heteroatoms. The smallest absolute Gasteiger partial charge is 0.270 e. The number of nitrogens with zero attached hydrogens (tertiary/aromatic N) is 1. The molecule has 0 spiro atoms. The lowest BCUT2D eigenvalue weighted by atomic mass is 10.2. The van der Waals surface area contributed by atoms with E-state index in [0.29, 0.717) is 17.4 Å². The van der Waals surface area contributed by atoms with Crippen molar-refractivity contribution in [2.45, 2.75) is 13.5 Å². The summed E-state index contributed by atoms with van der Waals surface area (Å²) in [5, 5.41) is 3.03. The Bertz CT molecular complexity index is 967. The number of fused-ring (bicyclic) bond motifs is 1. The van der Waals surface area contributed by atoms with Crippen LogP contribution < -0.4 is 5.32 Å². The molecule has 0 aliphatic rings. The summed E-state index contributed by atoms with van der Waals surface area (Å²) >= 11 is 0. The third kappa shape index (κ3) is 4.31. The first-order valence-electron chi connectivity index (χ1n) is 8.55. The number of aromatic amines is 1. The van der Waals surface area contributed by atoms with E-state index in [1.54, 1.807) is 31.2 Å². The predicted octanol–water partition coefficient (Wildman–Crippen LogP) is 3.22. The number of benzene rings is 2. The highest BCUT2D eigenvalue weighted by molar-refractivity contribution is 5.99. The topological polar surface area (TPSA) is 65.2 Å². The third-order valence-electron chi connectivity index (χ3n) is 4.25. The lowest BCUT2D eigenvalue weighted by molar-refractivity contribution is -0.121. The molecule has 2 amide bonds. The van der Waals surface area contributed by atoms with Crippen molar-refractivity contribution in [2.24, 2.45) is 0 Å². The van der Waals surface area contributed by atoms with Crippen LogP contribution in [-0.2, 0) is 11.3 Å². The Hall–Kier alpha value is -3.22. The van der Waals surface area contributed by atoms with E-state index in [1.165, 1.54) is 29.2 Å². The predicted molar refractivity (Wildman–Crippen MR) is 98.1 cm³/mol. The Balaban J connectivity index is 1.64. The zero-order chi connectivity index (χ0) is 19.4. The minimum Gasteiger partial charge on any atom is -0.350 e. The summed E-state index contributed by atoms with van der Waals surface area (Å²) in [5.41, 5.74) is 1.50. The second-order valence-electron chi connectivity index (χ2n) is 6.11. The van der Waals surface area contributed by atoms with Crippen LogP contribution in [0.5, 0.6) is 0 Å². The molecule has 0 aliphatic heterocycles. The Labute approximate surface area is 155 Å². The molecule has 3 aromatic rings. The largest absolute Gasteiger partial charge is 0.350 e. The molecule has 5 nitrogen and oxygen atoms in total. The van der Waals surface area contributed by atoms with Crippen LogP contribution in [0, 0.1) is 11.6 Å². The molecule has 1 aromatic heterocycles. The van der Waals surface area contributed by atoms with Gasteiger partial charge < -0.3 is 15.2 Å². The maximum Gasteiger partial charge on any atom is 0.270 e. The number of aromatic nitrogens is 1. The lowest BCUT2D eigenvalue weighted by Gasteiger charge is -2.19. The van der Waals surface area contributed by atoms with Gasteiger partial charge in [-0.1, -0.05) is 18.2 Å². The van der Waals surface area contributed by atoms with E-state index < -0.39 is 5.82 Å². The highest BCUT2D eigenvalue weighted by Gasteiger charge is 2.19. The number of carbonyl (C=O) groups excluding carboxylic acids is 2. The first-order chi connectivity index (χ1) is 13.0. The SMILES string of the molecule is CCN(CC(=O)NCc1ccc(F)cc1)C(=O)c1cc2c(F)cccc2[nH]1. The highest BCUT2D eigenvalue weighted by Crippen LogP contribution is 2.19. The number of nitrogens with one attached hydrogen (secondary N) is 2. The highest BCUT2D eigenvalue weighted by atomic mass is 19.1. The quantitative estimate of drug-likeness (QED) is 0.699. The summed E-state index contributed by atoms with van der Waals surface area (Å²) < 4.78 is 26.7. The Morgan fingerprint density at radius 2 is 1.85 bits per heavy atom. The number of halogens is 2. The lowest BCUT2D eigenvalue weighted by Crippen LogP contribution is -2.40. The van der Waals surface area contributed by atoms with Crippen LogP contribution in [0.3, 0.4) is 0 Å². The van der Waals surface area contributed by atoms with E-state index in [0.717, 1.165) is 5.56 Å². The minimum absolute atomic E-state index is 0.131. The number of rotatable bonds is 6. The van der Waals surface area contributed by atoms with E-state index in [9.17, 15) is 18.4 Å². The summed E-state index contributed by atoms with van der Waals surface area (Å²) in [6.45, 7) is 2.19. The fraction of sp³-hybridized carbons (Fsp3) is 0.200. The summed E-state index contributed by atoms with van der Waals surface area (Å²) in [6, 6.07) is 11.8. The van der Waals surface area contributed by atoms with Gasteiger partial charge in [-0.15, -0.1) is 0 Å². The summed E-state index contributed by atoms with van der Waals surface area (Å²) in [6.07, 6.45) is 0. The number of amides is 2. The summed E-state index contributed by atoms with van der Waals surface area (Å²) in [5.74, 6) is -1.48. The van der Waals surface area contributed by atoms with Crippen LogP contribution in [0.25, 0.3) is 10.9 Å². The van der Waals surface area contributed by atoms with Gasteiger partial charge in [-0.3, -0.25) is 9.59 Å². The van der Waals surface area contributed by atoms with E-state index in [2.05, 4.69) is 10.3 Å². The molecule has 3 rings (SSSR count). The molecule has 0 saturated heterocycles. The molecule has 0 aliphatic carbocycles. The molecule has 0 fully saturated rings. The Morgan fingerprint density at radius 3 is 2.52 bits per heavy atom. The van der Waals surface area contributed by atoms with Crippen molar-refractivity contribution in [1.82, 2.24) is 15.2 Å². The number of hydrogen-bond acceptors (Lipinski definition) is 2. The van der Waals surface area contributed by atoms with Gasteiger partial charge in [-0.25, -0.2) is 8.78 Å². The van der Waals surface area contributed by atoms with Crippen LogP contribution >= 0.6 is 0 Å². The summed E-state index contributed by atoms with van der Waals surface area (Å²) in [4.78, 5) is 29.1. The first-order valence-corrected chi connectivity index (χ1v) is 8.55. The monoisotopic (exact) mass is 371 g/mol. The van der Waals surface area contributed by atoms with Gasteiger partial charge in [0.05, 0.1) is 6.54 Å². The van der Waals surface area contributed by atoms with Gasteiger partial charge in [-0.2, -0.15) is 0 Å². The Kier molecular flexibility index (Phi) is 5.49. The maximum absolute atomic E-state index is 13.8. The zero-order valence-electron chi connectivity index (χ0n) is 14.8. The van der Waals surface area contributed by atoms with Crippen molar-refractivity contribution < 1.29 is 18.4 Å². The number of carbonyl (C=O) groups is 2. The molecular weight excluding hydrogens is 352 g/mol. The minimum atomic E-state index is -0.414. The van der Waals surface area contributed by atoms with Crippen LogP contribution in [0.15, 0.2) is 48.5 Å². The second kappa shape index (κ2) is 7.99. The second-order valence-corrected chi connectivity index (χ2v) is 6.11. The van der Waals surface area contributed by atoms with E-state index in [-0.39, 0.29) is 36.4 Å². The van der Waals surface area contributed by atoms with Crippen LogP contribution in [0.1, 0.15) is 23.0 Å². The number of H-pyrrole nitrogens is 1. The van der Waals surface area contributed by atoms with Crippen LogP contribution in [0.2, 0.25) is 0 Å². The van der Waals surface area contributed by atoms with Crippen LogP contribution in [-0.4, -0.2) is 34.8 Å². The molecule has 0 bridgehead atoms. The van der Waals surface area contributed by atoms with E-state index >= 15 is 0 Å². The van der Waals surface area contributed by atoms with E-state index in [1.807, 2.05) is 0 Å². The first kappa shape index (κ1) is 18.6. The maximum atomic E-state index is 13.8. The van der Waals surface area contributed by atoms with Gasteiger partial charge in [-0.05, 0) is 42.8 Å². The van der Waals surface area contributed by atoms with Gasteiger partial charge in [0.25, 0.3) is 5.91 Å². The molecule has 0 saturated carbocycles. The molecule has 27 heavy (non-hydrogen) atoms. The average Bonchev–Trinajstić information content (AvgIpc) is 3.11. The molecule has 2 aromatic carbocycles. The zero-order valence-corrected chi connectivity index (χ0v) is 14.8. The molecule has 140 valence electrons. The van der Waals surface area contributed by atoms with Gasteiger partial charge in [0.2, 0.25) is 5.91 Å². The van der Waals surface area contributed by atoms with Crippen molar-refractivity contribution in [3.8, 4) is 0 Å². The molecule has 2 N–H and O–H groups in total. The van der Waals surface area contributed by atoms with Crippen molar-refractivity contribution >= 4 is 22.7 Å². The van der Waals surface area contributed by atoms with Gasteiger partial charge in [0, 0.05) is 24.0 Å². The Morgan fingerprint density at radius 1 is 1.11 bits per heavy atom. The van der Waals surface area contributed by atoms with Gasteiger partial charge in [0.15, 0.2) is 0 Å². The fourth-order valence-corrected chi connectivity index (χ4v) is 2.76. The molecule has 0 unspecified atom stereocenters. The van der Waals surface area contributed by atoms with Crippen molar-refractivity contribution in [2.75, 3.05) is 13.1 Å². The van der Waals surface area contributed by atoms with E-state index in [4.69, 9.17) is 0 Å². The molecule has 1 heterocycles. The standard InChI is InChI=1S/C20H19F2N3O2/c1-2-25(12-19(26)23-11-13-6-8-14(21)9-7-13)20(27)18-10-15-16(22)4-3-5-17(15)24-18/h3-10,24H,2,11-12H2,1H3,(H,23,26). The van der Waals surface area contributed by atoms with Crippen LogP contribution in [0.4, 0.5) is 8.78 Å². The van der Waals surface area contributed by atoms with Crippen molar-refractivity contribution in [1.29, 1.82) is 0 Å². The molecular formula is C20H19F2N3O2. The third-order valence-corrected chi connectivity index (χ3v) is 4.25.